The summed E-state index contributed by atoms with van der Waals surface area (Å²) in [6.45, 7) is 0.461. The van der Waals surface area contributed by atoms with Crippen LogP contribution in [0.3, 0.4) is 0 Å². The second kappa shape index (κ2) is 10.4. The van der Waals surface area contributed by atoms with E-state index in [1.165, 1.54) is 27.7 Å². The Morgan fingerprint density at radius 2 is 1.91 bits per heavy atom. The van der Waals surface area contributed by atoms with Crippen LogP contribution in [0.1, 0.15) is 18.4 Å². The lowest BCUT2D eigenvalue weighted by Crippen LogP contribution is -2.52. The predicted octanol–water partition coefficient (Wildman–Crippen LogP) is 2.50. The van der Waals surface area contributed by atoms with E-state index in [-0.39, 0.29) is 18.8 Å². The molecule has 0 radical (unpaired) electrons. The van der Waals surface area contributed by atoms with Crippen LogP contribution in [0, 0.1) is 0 Å². The molecule has 1 saturated heterocycles. The third-order valence-corrected chi connectivity index (χ3v) is 7.94. The molecule has 1 aliphatic heterocycles. The smallest absolute Gasteiger partial charge is 0.325 e. The van der Waals surface area contributed by atoms with Gasteiger partial charge in [0.25, 0.3) is 0 Å². The number of aryl methyl sites for hydroxylation is 1. The van der Waals surface area contributed by atoms with E-state index in [1.54, 1.807) is 12.1 Å². The summed E-state index contributed by atoms with van der Waals surface area (Å²) in [5.74, 6) is 0.401. The number of hydrogen-bond acceptors (Lipinski definition) is 6. The minimum absolute atomic E-state index is 0.205. The molecule has 0 spiro atoms. The molecular formula is C22H26N4O5S2. The van der Waals surface area contributed by atoms with E-state index in [2.05, 4.69) is 26.8 Å². The van der Waals surface area contributed by atoms with Gasteiger partial charge in [0.15, 0.2) is 0 Å². The molecule has 2 aromatic carbocycles. The lowest BCUT2D eigenvalue weighted by Gasteiger charge is -2.32. The molecule has 9 nitrogen and oxygen atoms in total. The Hall–Kier alpha value is -2.76. The monoisotopic (exact) mass is 490 g/mol. The number of esters is 1. The lowest BCUT2D eigenvalue weighted by atomic mass is 10.1. The van der Waals surface area contributed by atoms with E-state index in [0.29, 0.717) is 34.6 Å². The summed E-state index contributed by atoms with van der Waals surface area (Å²) in [4.78, 5) is 29.4. The van der Waals surface area contributed by atoms with Gasteiger partial charge >= 0.3 is 21.9 Å². The van der Waals surface area contributed by atoms with Crippen molar-refractivity contribution in [3.8, 4) is 0 Å². The highest BCUT2D eigenvalue weighted by Gasteiger charge is 2.38. The van der Waals surface area contributed by atoms with E-state index in [4.69, 9.17) is 4.74 Å². The number of unbranched alkanes of at least 4 members (excludes halogenated alkanes) is 1. The number of thioether (sulfide) groups is 1. The molecule has 1 aliphatic rings. The topological polar surface area (TPSA) is 124 Å². The zero-order valence-corrected chi connectivity index (χ0v) is 19.6. The van der Waals surface area contributed by atoms with E-state index in [1.807, 2.05) is 18.2 Å². The molecular weight excluding hydrogens is 464 g/mol. The molecule has 1 aromatic heterocycles. The Kier molecular flexibility index (Phi) is 7.41. The Labute approximate surface area is 196 Å². The molecule has 11 heteroatoms. The van der Waals surface area contributed by atoms with Crippen molar-refractivity contribution in [1.29, 1.82) is 0 Å². The molecule has 176 valence electrons. The maximum Gasteiger partial charge on any atom is 0.325 e. The normalized spacial score (nSPS) is 17.2. The number of nitrogens with zero attached hydrogens (tertiary/aromatic N) is 1. The third-order valence-electron chi connectivity index (χ3n) is 5.37. The average Bonchev–Trinajstić information content (AvgIpc) is 3.18. The summed E-state index contributed by atoms with van der Waals surface area (Å²) in [5.41, 5.74) is 2.22. The van der Waals surface area contributed by atoms with Gasteiger partial charge in [-0.05, 0) is 43.0 Å². The van der Waals surface area contributed by atoms with Crippen LogP contribution in [-0.4, -0.2) is 59.4 Å². The Balaban J connectivity index is 1.34. The van der Waals surface area contributed by atoms with E-state index >= 15 is 0 Å². The van der Waals surface area contributed by atoms with Crippen molar-refractivity contribution < 1.29 is 17.9 Å². The van der Waals surface area contributed by atoms with Crippen molar-refractivity contribution in [2.75, 3.05) is 29.4 Å². The van der Waals surface area contributed by atoms with Crippen molar-refractivity contribution in [2.24, 2.45) is 0 Å². The first kappa shape index (κ1) is 23.4. The minimum atomic E-state index is -4.00. The second-order valence-corrected chi connectivity index (χ2v) is 10.5. The number of H-pyrrole nitrogens is 2. The Morgan fingerprint density at radius 1 is 1.12 bits per heavy atom. The minimum Gasteiger partial charge on any atom is -0.464 e. The maximum atomic E-state index is 13.1. The zero-order chi connectivity index (χ0) is 23.3. The first-order valence-electron chi connectivity index (χ1n) is 10.7. The number of fused-ring (bicyclic) bond motifs is 1. The molecule has 1 fully saturated rings. The highest BCUT2D eigenvalue weighted by Crippen LogP contribution is 2.23. The first-order valence-corrected chi connectivity index (χ1v) is 13.3. The van der Waals surface area contributed by atoms with Crippen molar-refractivity contribution in [2.45, 2.75) is 25.3 Å². The number of ether oxygens (including phenoxy) is 1. The van der Waals surface area contributed by atoms with E-state index < -0.39 is 22.2 Å². The van der Waals surface area contributed by atoms with Gasteiger partial charge in [-0.15, -0.1) is 0 Å². The highest BCUT2D eigenvalue weighted by molar-refractivity contribution is 7.99. The van der Waals surface area contributed by atoms with Gasteiger partial charge in [-0.1, -0.05) is 30.3 Å². The fourth-order valence-electron chi connectivity index (χ4n) is 3.71. The maximum absolute atomic E-state index is 13.1. The molecule has 0 saturated carbocycles. The standard InChI is InChI=1S/C22H26N4O5S2/c27-21(31-12-5-4-8-16-6-2-1-3-7-16)20-15-32-13-11-26(20)33(29,30)25-17-9-10-18-19(14-17)24-22(28)23-18/h1-3,6-7,9-10,14,20,25H,4-5,8,11-13,15H2,(H2,23,24,28). The molecule has 33 heavy (non-hydrogen) atoms. The van der Waals surface area contributed by atoms with Crippen molar-refractivity contribution >= 4 is 44.7 Å². The summed E-state index contributed by atoms with van der Waals surface area (Å²) < 4.78 is 35.2. The molecule has 0 bridgehead atoms. The van der Waals surface area contributed by atoms with Crippen molar-refractivity contribution in [3.05, 3.63) is 64.6 Å². The summed E-state index contributed by atoms with van der Waals surface area (Å²) in [6, 6.07) is 13.9. The van der Waals surface area contributed by atoms with Crippen LogP contribution in [0.4, 0.5) is 5.69 Å². The number of aromatic nitrogens is 2. The summed E-state index contributed by atoms with van der Waals surface area (Å²) in [7, 11) is -4.00. The molecule has 0 aliphatic carbocycles. The Morgan fingerprint density at radius 3 is 2.73 bits per heavy atom. The number of rotatable bonds is 9. The van der Waals surface area contributed by atoms with E-state index in [0.717, 1.165) is 12.8 Å². The van der Waals surface area contributed by atoms with Crippen LogP contribution >= 0.6 is 11.8 Å². The van der Waals surface area contributed by atoms with Gasteiger partial charge in [-0.2, -0.15) is 24.5 Å². The zero-order valence-electron chi connectivity index (χ0n) is 18.0. The second-order valence-electron chi connectivity index (χ2n) is 7.76. The van der Waals surface area contributed by atoms with Crippen LogP contribution in [0.5, 0.6) is 0 Å². The van der Waals surface area contributed by atoms with Crippen LogP contribution in [0.25, 0.3) is 11.0 Å². The largest absolute Gasteiger partial charge is 0.464 e. The number of benzene rings is 2. The van der Waals surface area contributed by atoms with Gasteiger partial charge in [0.1, 0.15) is 6.04 Å². The molecule has 0 amide bonds. The van der Waals surface area contributed by atoms with Crippen LogP contribution in [0.2, 0.25) is 0 Å². The summed E-state index contributed by atoms with van der Waals surface area (Å²) in [6.07, 6.45) is 2.49. The fourth-order valence-corrected chi connectivity index (χ4v) is 6.32. The number of aromatic amines is 2. The molecule has 3 aromatic rings. The number of hydrogen-bond donors (Lipinski definition) is 3. The van der Waals surface area contributed by atoms with E-state index in [9.17, 15) is 18.0 Å². The first-order chi connectivity index (χ1) is 15.9. The molecule has 3 N–H and O–H groups in total. The van der Waals surface area contributed by atoms with Gasteiger partial charge in [-0.25, -0.2) is 4.79 Å². The van der Waals surface area contributed by atoms with Crippen LogP contribution in [0.15, 0.2) is 53.3 Å². The third kappa shape index (κ3) is 5.98. The number of imidazole rings is 1. The van der Waals surface area contributed by atoms with Crippen LogP contribution < -0.4 is 10.4 Å². The van der Waals surface area contributed by atoms with Gasteiger partial charge in [0.2, 0.25) is 0 Å². The quantitative estimate of drug-likeness (QED) is 0.313. The predicted molar refractivity (Wildman–Crippen MR) is 130 cm³/mol. The highest BCUT2D eigenvalue weighted by atomic mass is 32.2. The van der Waals surface area contributed by atoms with Crippen LogP contribution in [-0.2, 0) is 26.2 Å². The number of anilines is 1. The van der Waals surface area contributed by atoms with Crippen molar-refractivity contribution in [3.63, 3.8) is 0 Å². The molecule has 1 unspecified atom stereocenters. The molecule has 4 rings (SSSR count). The van der Waals surface area contributed by atoms with Gasteiger partial charge in [0.05, 0.1) is 23.3 Å². The average molecular weight is 491 g/mol. The number of nitrogens with one attached hydrogen (secondary N) is 3. The molecule has 2 heterocycles. The van der Waals surface area contributed by atoms with Gasteiger partial charge in [-0.3, -0.25) is 9.52 Å². The van der Waals surface area contributed by atoms with Gasteiger partial charge < -0.3 is 14.7 Å². The van der Waals surface area contributed by atoms with Gasteiger partial charge in [0, 0.05) is 18.1 Å². The Bertz CT molecular complexity index is 1260. The lowest BCUT2D eigenvalue weighted by molar-refractivity contribution is -0.147. The fraction of sp³-hybridized carbons (Fsp3) is 0.364. The SMILES string of the molecule is O=C(OCCCCc1ccccc1)C1CSCCN1S(=O)(=O)Nc1ccc2[nH]c(=O)[nH]c2c1. The summed E-state index contributed by atoms with van der Waals surface area (Å²) in [5, 5.41) is 0. The van der Waals surface area contributed by atoms with Crippen molar-refractivity contribution in [1.82, 2.24) is 14.3 Å². The summed E-state index contributed by atoms with van der Waals surface area (Å²) >= 11 is 1.52. The number of carbonyl (C=O) groups excluding carboxylic acids is 1. The number of carbonyl (C=O) groups is 1. The molecule has 1 atom stereocenters.